The van der Waals surface area contributed by atoms with Crippen LogP contribution >= 0.6 is 0 Å². The fourth-order valence-electron chi connectivity index (χ4n) is 1.00. The molecule has 0 aliphatic carbocycles. The molecule has 3 heteroatoms. The zero-order valence-corrected chi connectivity index (χ0v) is 8.16. The number of aromatic nitrogens is 1. The Hall–Kier alpha value is -1.38. The Morgan fingerprint density at radius 2 is 2.15 bits per heavy atom. The van der Waals surface area contributed by atoms with Gasteiger partial charge < -0.3 is 5.73 Å². The second kappa shape index (κ2) is 3.17. The van der Waals surface area contributed by atoms with Gasteiger partial charge in [-0.05, 0) is 38.5 Å². The molecule has 1 aromatic rings. The molecule has 1 aromatic heterocycles. The number of nitrogens with two attached hydrogens (primary N) is 1. The van der Waals surface area contributed by atoms with Crippen molar-refractivity contribution < 1.29 is 4.79 Å². The molecule has 1 rings (SSSR count). The van der Waals surface area contributed by atoms with Crippen molar-refractivity contribution in [1.82, 2.24) is 4.98 Å². The molecule has 0 aliphatic heterocycles. The lowest BCUT2D eigenvalue weighted by molar-refractivity contribution is -0.122. The summed E-state index contributed by atoms with van der Waals surface area (Å²) in [7, 11) is 0. The molecular formula is C10H14N2O. The van der Waals surface area contributed by atoms with E-state index in [9.17, 15) is 4.79 Å². The van der Waals surface area contributed by atoms with Crippen molar-refractivity contribution in [2.45, 2.75) is 26.2 Å². The number of amides is 1. The minimum atomic E-state index is -0.688. The second-order valence-electron chi connectivity index (χ2n) is 3.71. The molecule has 0 bridgehead atoms. The van der Waals surface area contributed by atoms with Crippen LogP contribution < -0.4 is 5.73 Å². The number of rotatable bonds is 2. The summed E-state index contributed by atoms with van der Waals surface area (Å²) in [4.78, 5) is 15.2. The van der Waals surface area contributed by atoms with Crippen LogP contribution in [0, 0.1) is 6.92 Å². The van der Waals surface area contributed by atoms with Gasteiger partial charge in [-0.15, -0.1) is 0 Å². The molecule has 0 aromatic carbocycles. The van der Waals surface area contributed by atoms with Crippen LogP contribution in [0.4, 0.5) is 0 Å². The molecule has 70 valence electrons. The van der Waals surface area contributed by atoms with Crippen molar-refractivity contribution >= 4 is 5.91 Å². The molecule has 1 amide bonds. The Bertz CT molecular complexity index is 331. The molecule has 13 heavy (non-hydrogen) atoms. The number of primary amides is 1. The van der Waals surface area contributed by atoms with Gasteiger partial charge in [0.2, 0.25) is 5.91 Å². The predicted molar refractivity (Wildman–Crippen MR) is 51.2 cm³/mol. The standard InChI is InChI=1S/C10H14N2O/c1-7-4-5-12-8(6-7)10(2,3)9(11)13/h4-6H,1-3H3,(H2,11,13). The van der Waals surface area contributed by atoms with E-state index in [1.807, 2.05) is 19.1 Å². The van der Waals surface area contributed by atoms with Crippen LogP contribution in [0.2, 0.25) is 0 Å². The van der Waals surface area contributed by atoms with Crippen molar-refractivity contribution in [1.29, 1.82) is 0 Å². The molecule has 0 spiro atoms. The number of carbonyl (C=O) groups is 1. The molecular weight excluding hydrogens is 164 g/mol. The zero-order valence-electron chi connectivity index (χ0n) is 8.16. The third-order valence-corrected chi connectivity index (χ3v) is 2.17. The highest BCUT2D eigenvalue weighted by Gasteiger charge is 2.28. The van der Waals surface area contributed by atoms with Gasteiger partial charge >= 0.3 is 0 Å². The van der Waals surface area contributed by atoms with Gasteiger partial charge in [0.25, 0.3) is 0 Å². The van der Waals surface area contributed by atoms with E-state index in [0.717, 1.165) is 11.3 Å². The average molecular weight is 178 g/mol. The Morgan fingerprint density at radius 1 is 1.54 bits per heavy atom. The minimum Gasteiger partial charge on any atom is -0.369 e. The van der Waals surface area contributed by atoms with Crippen LogP contribution in [-0.4, -0.2) is 10.9 Å². The third kappa shape index (κ3) is 1.86. The van der Waals surface area contributed by atoms with E-state index < -0.39 is 5.41 Å². The quantitative estimate of drug-likeness (QED) is 0.738. The maximum Gasteiger partial charge on any atom is 0.229 e. The number of hydrogen-bond acceptors (Lipinski definition) is 2. The zero-order chi connectivity index (χ0) is 10.1. The molecule has 0 radical (unpaired) electrons. The number of hydrogen-bond donors (Lipinski definition) is 1. The smallest absolute Gasteiger partial charge is 0.229 e. The van der Waals surface area contributed by atoms with Gasteiger partial charge in [-0.25, -0.2) is 0 Å². The highest BCUT2D eigenvalue weighted by Crippen LogP contribution is 2.20. The van der Waals surface area contributed by atoms with Crippen molar-refractivity contribution in [3.05, 3.63) is 29.6 Å². The summed E-state index contributed by atoms with van der Waals surface area (Å²) < 4.78 is 0. The molecule has 3 nitrogen and oxygen atoms in total. The summed E-state index contributed by atoms with van der Waals surface area (Å²) in [6.07, 6.45) is 1.69. The van der Waals surface area contributed by atoms with Crippen LogP contribution in [0.25, 0.3) is 0 Å². The normalized spacial score (nSPS) is 11.3. The Morgan fingerprint density at radius 3 is 2.62 bits per heavy atom. The third-order valence-electron chi connectivity index (χ3n) is 2.17. The molecule has 0 fully saturated rings. The SMILES string of the molecule is Cc1ccnc(C(C)(C)C(N)=O)c1. The van der Waals surface area contributed by atoms with Gasteiger partial charge in [-0.1, -0.05) is 0 Å². The number of carbonyl (C=O) groups excluding carboxylic acids is 1. The fourth-order valence-corrected chi connectivity index (χ4v) is 1.00. The summed E-state index contributed by atoms with van der Waals surface area (Å²) in [5, 5.41) is 0. The first-order valence-electron chi connectivity index (χ1n) is 4.17. The summed E-state index contributed by atoms with van der Waals surface area (Å²) in [6.45, 7) is 5.51. The lowest BCUT2D eigenvalue weighted by atomic mass is 9.87. The molecule has 0 unspecified atom stereocenters. The molecule has 0 atom stereocenters. The number of pyridine rings is 1. The Kier molecular flexibility index (Phi) is 2.36. The number of nitrogens with zero attached hydrogens (tertiary/aromatic N) is 1. The van der Waals surface area contributed by atoms with E-state index in [1.165, 1.54) is 0 Å². The molecule has 2 N–H and O–H groups in total. The van der Waals surface area contributed by atoms with Gasteiger partial charge in [0.15, 0.2) is 0 Å². The van der Waals surface area contributed by atoms with Gasteiger partial charge in [0, 0.05) is 6.20 Å². The predicted octanol–water partition coefficient (Wildman–Crippen LogP) is 1.15. The summed E-state index contributed by atoms with van der Waals surface area (Å²) in [5.74, 6) is -0.356. The highest BCUT2D eigenvalue weighted by atomic mass is 16.1. The maximum absolute atomic E-state index is 11.1. The van der Waals surface area contributed by atoms with Crippen LogP contribution in [0.5, 0.6) is 0 Å². The highest BCUT2D eigenvalue weighted by molar-refractivity contribution is 5.85. The summed E-state index contributed by atoms with van der Waals surface area (Å²) in [6, 6.07) is 3.77. The van der Waals surface area contributed by atoms with E-state index >= 15 is 0 Å². The molecule has 1 heterocycles. The van der Waals surface area contributed by atoms with Crippen LogP contribution in [0.3, 0.4) is 0 Å². The van der Waals surface area contributed by atoms with E-state index in [4.69, 9.17) is 5.73 Å². The largest absolute Gasteiger partial charge is 0.369 e. The van der Waals surface area contributed by atoms with Gasteiger partial charge in [0.1, 0.15) is 0 Å². The minimum absolute atomic E-state index is 0.356. The topological polar surface area (TPSA) is 56.0 Å². The lowest BCUT2D eigenvalue weighted by Gasteiger charge is -2.19. The summed E-state index contributed by atoms with van der Waals surface area (Å²) in [5.41, 5.74) is 6.39. The summed E-state index contributed by atoms with van der Waals surface area (Å²) >= 11 is 0. The van der Waals surface area contributed by atoms with Gasteiger partial charge in [-0.3, -0.25) is 9.78 Å². The molecule has 0 saturated carbocycles. The van der Waals surface area contributed by atoms with E-state index in [-0.39, 0.29) is 5.91 Å². The van der Waals surface area contributed by atoms with Crippen LogP contribution in [0.15, 0.2) is 18.3 Å². The van der Waals surface area contributed by atoms with Crippen LogP contribution in [-0.2, 0) is 10.2 Å². The fraction of sp³-hybridized carbons (Fsp3) is 0.400. The maximum atomic E-state index is 11.1. The van der Waals surface area contributed by atoms with Crippen LogP contribution in [0.1, 0.15) is 25.1 Å². The Balaban J connectivity index is 3.14. The molecule has 0 saturated heterocycles. The van der Waals surface area contributed by atoms with Crippen molar-refractivity contribution in [2.24, 2.45) is 5.73 Å². The van der Waals surface area contributed by atoms with Gasteiger partial charge in [0.05, 0.1) is 11.1 Å². The Labute approximate surface area is 78.0 Å². The second-order valence-corrected chi connectivity index (χ2v) is 3.71. The van der Waals surface area contributed by atoms with E-state index in [1.54, 1.807) is 20.0 Å². The average Bonchev–Trinajstić information content (AvgIpc) is 2.04. The number of aryl methyl sites for hydroxylation is 1. The first-order chi connectivity index (χ1) is 5.94. The van der Waals surface area contributed by atoms with Gasteiger partial charge in [-0.2, -0.15) is 0 Å². The first kappa shape index (κ1) is 9.71. The van der Waals surface area contributed by atoms with E-state index in [0.29, 0.717) is 0 Å². The monoisotopic (exact) mass is 178 g/mol. The van der Waals surface area contributed by atoms with E-state index in [2.05, 4.69) is 4.98 Å². The van der Waals surface area contributed by atoms with Crippen molar-refractivity contribution in [2.75, 3.05) is 0 Å². The van der Waals surface area contributed by atoms with Crippen molar-refractivity contribution in [3.63, 3.8) is 0 Å². The van der Waals surface area contributed by atoms with Crippen molar-refractivity contribution in [3.8, 4) is 0 Å². The molecule has 0 aliphatic rings. The first-order valence-corrected chi connectivity index (χ1v) is 4.17. The lowest BCUT2D eigenvalue weighted by Crippen LogP contribution is -2.36.